The summed E-state index contributed by atoms with van der Waals surface area (Å²) >= 11 is 0. The zero-order valence-corrected chi connectivity index (χ0v) is 37.3. The van der Waals surface area contributed by atoms with Crippen molar-refractivity contribution in [2.45, 2.75) is 193 Å². The van der Waals surface area contributed by atoms with Crippen LogP contribution in [0, 0.1) is 23.7 Å². The highest BCUT2D eigenvalue weighted by molar-refractivity contribution is 5.90. The summed E-state index contributed by atoms with van der Waals surface area (Å²) in [5.74, 6) is 1.60. The second-order valence-electron chi connectivity index (χ2n) is 19.5. The van der Waals surface area contributed by atoms with Gasteiger partial charge in [0.05, 0.1) is 12.8 Å². The van der Waals surface area contributed by atoms with E-state index in [9.17, 15) is 24.3 Å². The highest BCUT2D eigenvalue weighted by atomic mass is 16.6. The minimum Gasteiger partial charge on any atom is -0.481 e. The lowest BCUT2D eigenvalue weighted by molar-refractivity contribution is -0.155. The predicted octanol–water partition coefficient (Wildman–Crippen LogP) is 9.76. The van der Waals surface area contributed by atoms with Crippen molar-refractivity contribution in [3.8, 4) is 0 Å². The van der Waals surface area contributed by atoms with Gasteiger partial charge in [-0.1, -0.05) is 114 Å². The van der Waals surface area contributed by atoms with Crippen LogP contribution in [0.5, 0.6) is 0 Å². The number of hydrogen-bond acceptors (Lipinski definition) is 11. The Labute approximate surface area is 357 Å². The quantitative estimate of drug-likeness (QED) is 0.158. The van der Waals surface area contributed by atoms with Crippen LogP contribution in [0.4, 0.5) is 0 Å². The molecule has 14 nitrogen and oxygen atoms in total. The van der Waals surface area contributed by atoms with Gasteiger partial charge >= 0.3 is 11.9 Å². The van der Waals surface area contributed by atoms with E-state index in [2.05, 4.69) is 34.1 Å². The number of rotatable bonds is 16. The SMILES string of the molecule is CC1CCN(C(=O)c2noc([C@H](CCCC3CCCCC3)CC(=O)O)n2)CC1.CC1CCN(C(=O)c2noc([C@H](CCCC3CCCCC3)CC(=O)OC(C)(C)C)n2)CC1. The number of likely N-dealkylation sites (tertiary alicyclic amines) is 2. The molecule has 2 atom stereocenters. The molecule has 4 heterocycles. The first kappa shape index (κ1) is 47.2. The number of piperidine rings is 2. The maximum atomic E-state index is 12.8. The van der Waals surface area contributed by atoms with Crippen molar-refractivity contribution in [3.05, 3.63) is 23.4 Å². The molecule has 0 radical (unpaired) electrons. The standard InChI is InChI=1S/C25H41N3O4.C21H33N3O4/c1-18-13-15-28(16-14-18)24(30)22-26-23(32-27-22)20(17-21(29)31-25(2,3)4)12-8-11-19-9-6-5-7-10-19;1-15-10-12-24(13-11-15)21(27)19-22-20(28-23-19)17(14-18(25)26)9-5-8-16-6-3-2-4-7-16/h18-20H,5-17H2,1-4H3;15-17H,2-14H2,1H3,(H,25,26)/t20-;17-/m11/s1. The molecule has 2 amide bonds. The van der Waals surface area contributed by atoms with Crippen molar-refractivity contribution >= 4 is 23.8 Å². The smallest absolute Gasteiger partial charge is 0.307 e. The fraction of sp³-hybridized carbons (Fsp3) is 0.826. The molecule has 0 aromatic carbocycles. The van der Waals surface area contributed by atoms with Gasteiger partial charge < -0.3 is 28.7 Å². The highest BCUT2D eigenvalue weighted by Gasteiger charge is 2.31. The summed E-state index contributed by atoms with van der Waals surface area (Å²) in [6.07, 6.45) is 23.0. The minimum absolute atomic E-state index is 0.0400. The molecule has 6 rings (SSSR count). The molecule has 0 spiro atoms. The summed E-state index contributed by atoms with van der Waals surface area (Å²) in [7, 11) is 0. The molecule has 0 bridgehead atoms. The zero-order valence-electron chi connectivity index (χ0n) is 37.3. The maximum absolute atomic E-state index is 12.8. The molecule has 1 N–H and O–H groups in total. The Morgan fingerprint density at radius 1 is 0.650 bits per heavy atom. The molecule has 0 unspecified atom stereocenters. The van der Waals surface area contributed by atoms with Crippen molar-refractivity contribution in [1.82, 2.24) is 30.1 Å². The van der Waals surface area contributed by atoms with E-state index in [0.717, 1.165) is 82.7 Å². The third-order valence-electron chi connectivity index (χ3n) is 13.1. The first-order valence-corrected chi connectivity index (χ1v) is 23.4. The minimum atomic E-state index is -0.876. The Morgan fingerprint density at radius 3 is 1.43 bits per heavy atom. The van der Waals surface area contributed by atoms with Gasteiger partial charge in [-0.15, -0.1) is 0 Å². The molecule has 336 valence electrons. The fourth-order valence-electron chi connectivity index (χ4n) is 9.36. The van der Waals surface area contributed by atoms with Gasteiger partial charge in [0, 0.05) is 38.0 Å². The molecule has 2 aromatic rings. The van der Waals surface area contributed by atoms with Crippen LogP contribution in [-0.2, 0) is 14.3 Å². The number of aromatic nitrogens is 4. The van der Waals surface area contributed by atoms with Gasteiger partial charge in [0.15, 0.2) is 0 Å². The van der Waals surface area contributed by atoms with Crippen molar-refractivity contribution < 1.29 is 38.1 Å². The zero-order chi connectivity index (χ0) is 43.1. The van der Waals surface area contributed by atoms with Gasteiger partial charge in [-0.25, -0.2) is 0 Å². The molecule has 2 saturated carbocycles. The van der Waals surface area contributed by atoms with Crippen LogP contribution in [0.1, 0.15) is 221 Å². The molecule has 2 aromatic heterocycles. The Hall–Kier alpha value is -3.84. The Bertz CT molecular complexity index is 1620. The van der Waals surface area contributed by atoms with E-state index in [1.54, 1.807) is 9.80 Å². The number of carbonyl (C=O) groups excluding carboxylic acids is 3. The number of ether oxygens (including phenoxy) is 1. The molecule has 2 aliphatic heterocycles. The van der Waals surface area contributed by atoms with Crippen molar-refractivity contribution in [1.29, 1.82) is 0 Å². The second-order valence-corrected chi connectivity index (χ2v) is 19.5. The van der Waals surface area contributed by atoms with Gasteiger partial charge in [0.1, 0.15) is 5.60 Å². The fourth-order valence-corrected chi connectivity index (χ4v) is 9.36. The third-order valence-corrected chi connectivity index (χ3v) is 13.1. The molecule has 4 fully saturated rings. The number of carboxylic acid groups (broad SMARTS) is 1. The van der Waals surface area contributed by atoms with Crippen LogP contribution in [0.2, 0.25) is 0 Å². The van der Waals surface area contributed by atoms with E-state index in [1.807, 2.05) is 20.8 Å². The van der Waals surface area contributed by atoms with E-state index in [0.29, 0.717) is 43.1 Å². The van der Waals surface area contributed by atoms with Crippen LogP contribution in [0.15, 0.2) is 9.05 Å². The lowest BCUT2D eigenvalue weighted by Crippen LogP contribution is -2.38. The Balaban J connectivity index is 0.000000230. The van der Waals surface area contributed by atoms with Crippen LogP contribution in [-0.4, -0.2) is 90.7 Å². The topological polar surface area (TPSA) is 182 Å². The van der Waals surface area contributed by atoms with Crippen LogP contribution >= 0.6 is 0 Å². The third kappa shape index (κ3) is 15.6. The normalized spacial score (nSPS) is 19.9. The monoisotopic (exact) mass is 839 g/mol. The Kier molecular flexibility index (Phi) is 18.4. The molecule has 14 heteroatoms. The van der Waals surface area contributed by atoms with Crippen LogP contribution in [0.25, 0.3) is 0 Å². The number of amides is 2. The molecule has 4 aliphatic rings. The van der Waals surface area contributed by atoms with E-state index < -0.39 is 11.6 Å². The van der Waals surface area contributed by atoms with Crippen molar-refractivity contribution in [3.63, 3.8) is 0 Å². The first-order valence-electron chi connectivity index (χ1n) is 23.4. The summed E-state index contributed by atoms with van der Waals surface area (Å²) in [6, 6.07) is 0. The molecule has 60 heavy (non-hydrogen) atoms. The van der Waals surface area contributed by atoms with E-state index in [4.69, 9.17) is 13.8 Å². The lowest BCUT2D eigenvalue weighted by atomic mass is 9.84. The molecule has 2 saturated heterocycles. The van der Waals surface area contributed by atoms with Gasteiger partial charge in [-0.2, -0.15) is 9.97 Å². The Morgan fingerprint density at radius 2 is 1.05 bits per heavy atom. The summed E-state index contributed by atoms with van der Waals surface area (Å²) in [5, 5.41) is 17.1. The summed E-state index contributed by atoms with van der Waals surface area (Å²) in [4.78, 5) is 61.6. The number of esters is 1. The van der Waals surface area contributed by atoms with Crippen molar-refractivity contribution in [2.75, 3.05) is 26.2 Å². The van der Waals surface area contributed by atoms with Gasteiger partial charge in [0.2, 0.25) is 11.8 Å². The highest BCUT2D eigenvalue weighted by Crippen LogP contribution is 2.33. The van der Waals surface area contributed by atoms with E-state index in [1.165, 1.54) is 64.2 Å². The number of nitrogens with zero attached hydrogens (tertiary/aromatic N) is 6. The first-order chi connectivity index (χ1) is 28.7. The average Bonchev–Trinajstić information content (AvgIpc) is 3.92. The summed E-state index contributed by atoms with van der Waals surface area (Å²) in [6.45, 7) is 12.9. The van der Waals surface area contributed by atoms with Gasteiger partial charge in [-0.05, 0) is 83.0 Å². The van der Waals surface area contributed by atoms with E-state index >= 15 is 0 Å². The number of hydrogen-bond donors (Lipinski definition) is 1. The molecular weight excluding hydrogens is 765 g/mol. The number of aliphatic carboxylic acids is 1. The summed E-state index contributed by atoms with van der Waals surface area (Å²) in [5.41, 5.74) is -0.537. The van der Waals surface area contributed by atoms with Crippen LogP contribution < -0.4 is 0 Å². The molecular formula is C46H74N6O8. The summed E-state index contributed by atoms with van der Waals surface area (Å²) < 4.78 is 16.4. The number of carbonyl (C=O) groups is 4. The lowest BCUT2D eigenvalue weighted by Gasteiger charge is -2.29. The van der Waals surface area contributed by atoms with E-state index in [-0.39, 0.29) is 54.1 Å². The van der Waals surface area contributed by atoms with Gasteiger partial charge in [-0.3, -0.25) is 19.2 Å². The molecule has 2 aliphatic carbocycles. The maximum Gasteiger partial charge on any atom is 0.307 e. The van der Waals surface area contributed by atoms with Gasteiger partial charge in [0.25, 0.3) is 23.5 Å². The second kappa shape index (κ2) is 23.4. The largest absolute Gasteiger partial charge is 0.481 e. The van der Waals surface area contributed by atoms with Crippen molar-refractivity contribution in [2.24, 2.45) is 23.7 Å². The number of carboxylic acids is 1. The average molecular weight is 839 g/mol. The predicted molar refractivity (Wildman–Crippen MR) is 226 cm³/mol. The van der Waals surface area contributed by atoms with Crippen LogP contribution in [0.3, 0.4) is 0 Å².